The molecular weight excluding hydrogens is 228 g/mol. The summed E-state index contributed by atoms with van der Waals surface area (Å²) >= 11 is 0. The summed E-state index contributed by atoms with van der Waals surface area (Å²) in [6.45, 7) is 4.05. The zero-order chi connectivity index (χ0) is 13.3. The molecule has 2 rings (SSSR count). The minimum absolute atomic E-state index is 0.715. The van der Waals surface area contributed by atoms with Gasteiger partial charge in [0, 0.05) is 11.4 Å². The van der Waals surface area contributed by atoms with Crippen molar-refractivity contribution < 1.29 is 9.47 Å². The smallest absolute Gasteiger partial charge is 0.145 e. The van der Waals surface area contributed by atoms with E-state index < -0.39 is 0 Å². The van der Waals surface area contributed by atoms with Crippen LogP contribution in [-0.4, -0.2) is 19.2 Å². The van der Waals surface area contributed by atoms with Gasteiger partial charge in [0.15, 0.2) is 0 Å². The Bertz CT molecular complexity index is 594. The third kappa shape index (κ3) is 1.74. The van der Waals surface area contributed by atoms with Gasteiger partial charge in [-0.05, 0) is 31.0 Å². The van der Waals surface area contributed by atoms with Crippen molar-refractivity contribution in [3.05, 3.63) is 23.4 Å². The molecule has 0 fully saturated rings. The van der Waals surface area contributed by atoms with E-state index in [1.54, 1.807) is 14.2 Å². The van der Waals surface area contributed by atoms with Gasteiger partial charge in [0.05, 0.1) is 19.6 Å². The second kappa shape index (κ2) is 4.72. The Hall–Kier alpha value is -1.97. The van der Waals surface area contributed by atoms with E-state index in [1.165, 1.54) is 0 Å². The Balaban J connectivity index is 2.93. The van der Waals surface area contributed by atoms with E-state index in [-0.39, 0.29) is 0 Å². The van der Waals surface area contributed by atoms with Crippen LogP contribution in [0.2, 0.25) is 0 Å². The van der Waals surface area contributed by atoms with Gasteiger partial charge in [0.1, 0.15) is 17.0 Å². The first-order valence-corrected chi connectivity index (χ1v) is 5.93. The molecule has 0 amide bonds. The summed E-state index contributed by atoms with van der Waals surface area (Å²) in [4.78, 5) is 4.65. The second-order valence-corrected chi connectivity index (χ2v) is 4.14. The van der Waals surface area contributed by atoms with Crippen LogP contribution in [0.15, 0.2) is 12.1 Å². The summed E-state index contributed by atoms with van der Waals surface area (Å²) in [7, 11) is 3.26. The molecule has 0 saturated heterocycles. The number of rotatable bonds is 3. The Kier molecular flexibility index (Phi) is 3.28. The Morgan fingerprint density at radius 1 is 1.17 bits per heavy atom. The van der Waals surface area contributed by atoms with Crippen molar-refractivity contribution in [3.63, 3.8) is 0 Å². The summed E-state index contributed by atoms with van der Waals surface area (Å²) in [5.74, 6) is 1.44. The fourth-order valence-corrected chi connectivity index (χ4v) is 2.17. The van der Waals surface area contributed by atoms with Crippen molar-refractivity contribution >= 4 is 16.6 Å². The normalized spacial score (nSPS) is 10.7. The number of methoxy groups -OCH3 is 2. The molecule has 0 aliphatic rings. The average Bonchev–Trinajstić information content (AvgIpc) is 2.41. The van der Waals surface area contributed by atoms with Crippen LogP contribution in [0.3, 0.4) is 0 Å². The number of hydrogen-bond donors (Lipinski definition) is 1. The molecule has 0 bridgehead atoms. The number of benzene rings is 1. The number of nitrogen functional groups attached to an aromatic ring is 1. The van der Waals surface area contributed by atoms with E-state index in [2.05, 4.69) is 11.9 Å². The molecule has 0 radical (unpaired) electrons. The number of aromatic nitrogens is 1. The standard InChI is InChI=1S/C14H18N2O2/c1-5-9-8(2)13(15)12-10(17-3)6-7-11(18-4)14(12)16-9/h6-7H,5H2,1-4H3,(H2,15,16). The van der Waals surface area contributed by atoms with E-state index in [1.807, 2.05) is 19.1 Å². The van der Waals surface area contributed by atoms with Crippen molar-refractivity contribution in [2.24, 2.45) is 0 Å². The minimum Gasteiger partial charge on any atom is -0.496 e. The maximum Gasteiger partial charge on any atom is 0.145 e. The predicted octanol–water partition coefficient (Wildman–Crippen LogP) is 2.71. The highest BCUT2D eigenvalue weighted by molar-refractivity contribution is 6.00. The number of nitrogens with zero attached hydrogens (tertiary/aromatic N) is 1. The van der Waals surface area contributed by atoms with Crippen LogP contribution < -0.4 is 15.2 Å². The fourth-order valence-electron chi connectivity index (χ4n) is 2.17. The van der Waals surface area contributed by atoms with Crippen molar-refractivity contribution in [2.45, 2.75) is 20.3 Å². The molecule has 0 aliphatic carbocycles. The summed E-state index contributed by atoms with van der Waals surface area (Å²) in [6, 6.07) is 3.70. The zero-order valence-electron chi connectivity index (χ0n) is 11.2. The summed E-state index contributed by atoms with van der Waals surface area (Å²) < 4.78 is 10.7. The number of hydrogen-bond acceptors (Lipinski definition) is 4. The van der Waals surface area contributed by atoms with Gasteiger partial charge in [-0.3, -0.25) is 0 Å². The molecule has 96 valence electrons. The lowest BCUT2D eigenvalue weighted by molar-refractivity contribution is 0.410. The van der Waals surface area contributed by atoms with E-state index in [0.717, 1.165) is 34.3 Å². The number of fused-ring (bicyclic) bond motifs is 1. The zero-order valence-corrected chi connectivity index (χ0v) is 11.2. The van der Waals surface area contributed by atoms with Gasteiger partial charge in [-0.15, -0.1) is 0 Å². The molecule has 1 aromatic carbocycles. The molecule has 0 spiro atoms. The van der Waals surface area contributed by atoms with Crippen molar-refractivity contribution in [2.75, 3.05) is 20.0 Å². The van der Waals surface area contributed by atoms with Crippen LogP contribution in [0.5, 0.6) is 11.5 Å². The highest BCUT2D eigenvalue weighted by atomic mass is 16.5. The lowest BCUT2D eigenvalue weighted by Gasteiger charge is -2.15. The molecule has 2 N–H and O–H groups in total. The third-order valence-corrected chi connectivity index (χ3v) is 3.23. The van der Waals surface area contributed by atoms with Gasteiger partial charge in [0.25, 0.3) is 0 Å². The molecule has 0 saturated carbocycles. The van der Waals surface area contributed by atoms with Gasteiger partial charge in [-0.1, -0.05) is 6.92 Å². The number of ether oxygens (including phenoxy) is 2. The van der Waals surface area contributed by atoms with Crippen LogP contribution in [-0.2, 0) is 6.42 Å². The first kappa shape index (κ1) is 12.5. The second-order valence-electron chi connectivity index (χ2n) is 4.14. The molecule has 0 aliphatic heterocycles. The third-order valence-electron chi connectivity index (χ3n) is 3.23. The lowest BCUT2D eigenvalue weighted by Crippen LogP contribution is -2.02. The van der Waals surface area contributed by atoms with Crippen LogP contribution in [0.1, 0.15) is 18.2 Å². The van der Waals surface area contributed by atoms with Crippen molar-refractivity contribution in [3.8, 4) is 11.5 Å². The molecule has 18 heavy (non-hydrogen) atoms. The summed E-state index contributed by atoms with van der Waals surface area (Å²) in [5, 5.41) is 0.826. The van der Waals surface area contributed by atoms with Gasteiger partial charge < -0.3 is 15.2 Å². The predicted molar refractivity (Wildman–Crippen MR) is 73.4 cm³/mol. The van der Waals surface area contributed by atoms with E-state index in [0.29, 0.717) is 11.4 Å². The van der Waals surface area contributed by atoms with Gasteiger partial charge in [-0.2, -0.15) is 0 Å². The molecule has 0 unspecified atom stereocenters. The highest BCUT2D eigenvalue weighted by Crippen LogP contribution is 2.37. The fraction of sp³-hybridized carbons (Fsp3) is 0.357. The van der Waals surface area contributed by atoms with E-state index in [4.69, 9.17) is 15.2 Å². The number of aryl methyl sites for hydroxylation is 1. The molecule has 1 aromatic heterocycles. The molecule has 2 aromatic rings. The Labute approximate surface area is 107 Å². The van der Waals surface area contributed by atoms with Crippen LogP contribution in [0, 0.1) is 6.92 Å². The number of nitrogens with two attached hydrogens (primary N) is 1. The van der Waals surface area contributed by atoms with Crippen molar-refractivity contribution in [1.82, 2.24) is 4.98 Å². The summed E-state index contributed by atoms with van der Waals surface area (Å²) in [6.07, 6.45) is 0.840. The molecule has 1 heterocycles. The molecular formula is C14H18N2O2. The molecule has 4 nitrogen and oxygen atoms in total. The quantitative estimate of drug-likeness (QED) is 0.904. The topological polar surface area (TPSA) is 57.4 Å². The lowest BCUT2D eigenvalue weighted by atomic mass is 10.0. The SMILES string of the molecule is CCc1nc2c(OC)ccc(OC)c2c(N)c1C. The average molecular weight is 246 g/mol. The number of pyridine rings is 1. The maximum atomic E-state index is 6.22. The summed E-state index contributed by atoms with van der Waals surface area (Å²) in [5.41, 5.74) is 9.70. The minimum atomic E-state index is 0.715. The van der Waals surface area contributed by atoms with Crippen LogP contribution in [0.4, 0.5) is 5.69 Å². The van der Waals surface area contributed by atoms with Crippen molar-refractivity contribution in [1.29, 1.82) is 0 Å². The molecule has 4 heteroatoms. The number of anilines is 1. The van der Waals surface area contributed by atoms with Crippen LogP contribution >= 0.6 is 0 Å². The van der Waals surface area contributed by atoms with Gasteiger partial charge in [-0.25, -0.2) is 4.98 Å². The van der Waals surface area contributed by atoms with Gasteiger partial charge >= 0.3 is 0 Å². The van der Waals surface area contributed by atoms with E-state index in [9.17, 15) is 0 Å². The highest BCUT2D eigenvalue weighted by Gasteiger charge is 2.15. The Morgan fingerprint density at radius 2 is 1.78 bits per heavy atom. The largest absolute Gasteiger partial charge is 0.496 e. The maximum absolute atomic E-state index is 6.22. The molecule has 0 atom stereocenters. The monoisotopic (exact) mass is 246 g/mol. The first-order chi connectivity index (χ1) is 8.63. The first-order valence-electron chi connectivity index (χ1n) is 5.93. The van der Waals surface area contributed by atoms with Gasteiger partial charge in [0.2, 0.25) is 0 Å². The van der Waals surface area contributed by atoms with Crippen LogP contribution in [0.25, 0.3) is 10.9 Å². The van der Waals surface area contributed by atoms with E-state index >= 15 is 0 Å². The Morgan fingerprint density at radius 3 is 2.33 bits per heavy atom.